The summed E-state index contributed by atoms with van der Waals surface area (Å²) in [6, 6.07) is 1.98. The quantitative estimate of drug-likeness (QED) is 0.820. The lowest BCUT2D eigenvalue weighted by atomic mass is 10.1. The largest absolute Gasteiger partial charge is 0.416 e. The van der Waals surface area contributed by atoms with E-state index in [-0.39, 0.29) is 11.9 Å². The highest BCUT2D eigenvalue weighted by Crippen LogP contribution is 2.29. The minimum atomic E-state index is -4.34. The third-order valence-corrected chi connectivity index (χ3v) is 3.53. The summed E-state index contributed by atoms with van der Waals surface area (Å²) in [5, 5.41) is 12.5. The molecule has 1 atom stereocenters. The Bertz CT molecular complexity index is 453. The number of nitrogens with one attached hydrogen (secondary N) is 1. The Hall–Kier alpha value is -1.34. The first-order valence-corrected chi connectivity index (χ1v) is 7.13. The fraction of sp³-hybridized carbons (Fsp3) is 0.643. The van der Waals surface area contributed by atoms with Crippen molar-refractivity contribution in [2.45, 2.75) is 31.5 Å². The van der Waals surface area contributed by atoms with Crippen LogP contribution in [0.2, 0.25) is 0 Å². The van der Waals surface area contributed by atoms with E-state index in [1.165, 1.54) is 0 Å². The van der Waals surface area contributed by atoms with Crippen LogP contribution in [0.4, 0.5) is 19.0 Å². The molecule has 0 radical (unpaired) electrons. The first kappa shape index (κ1) is 16.0. The third-order valence-electron chi connectivity index (χ3n) is 3.53. The molecule has 1 aliphatic heterocycles. The van der Waals surface area contributed by atoms with Gasteiger partial charge < -0.3 is 15.3 Å². The Kier molecular flexibility index (Phi) is 5.41. The van der Waals surface area contributed by atoms with Crippen molar-refractivity contribution >= 4 is 5.82 Å². The van der Waals surface area contributed by atoms with Gasteiger partial charge in [0.2, 0.25) is 0 Å². The van der Waals surface area contributed by atoms with Crippen LogP contribution in [0.3, 0.4) is 0 Å². The van der Waals surface area contributed by atoms with Crippen molar-refractivity contribution in [3.05, 3.63) is 23.9 Å². The summed E-state index contributed by atoms with van der Waals surface area (Å²) >= 11 is 0. The summed E-state index contributed by atoms with van der Waals surface area (Å²) in [5.41, 5.74) is -0.695. The molecular formula is C14H20F3N3O. The van der Waals surface area contributed by atoms with E-state index in [0.717, 1.165) is 50.7 Å². The molecule has 1 unspecified atom stereocenters. The second-order valence-electron chi connectivity index (χ2n) is 5.30. The van der Waals surface area contributed by atoms with E-state index in [1.807, 2.05) is 0 Å². The van der Waals surface area contributed by atoms with Gasteiger partial charge >= 0.3 is 6.18 Å². The Morgan fingerprint density at radius 2 is 2.24 bits per heavy atom. The van der Waals surface area contributed by atoms with Crippen molar-refractivity contribution in [3.63, 3.8) is 0 Å². The van der Waals surface area contributed by atoms with Crippen molar-refractivity contribution in [1.82, 2.24) is 9.88 Å². The SMILES string of the molecule is OC1CCCN(CCCNc2cc(C(F)(F)F)ccn2)C1. The molecule has 1 saturated heterocycles. The fourth-order valence-electron chi connectivity index (χ4n) is 2.46. The van der Waals surface area contributed by atoms with Crippen LogP contribution in [0.5, 0.6) is 0 Å². The zero-order valence-corrected chi connectivity index (χ0v) is 11.7. The van der Waals surface area contributed by atoms with Gasteiger partial charge in [-0.2, -0.15) is 13.2 Å². The second-order valence-corrected chi connectivity index (χ2v) is 5.30. The third kappa shape index (κ3) is 5.17. The average molecular weight is 303 g/mol. The normalized spacial score (nSPS) is 20.5. The van der Waals surface area contributed by atoms with Gasteiger partial charge in [-0.05, 0) is 44.5 Å². The fourth-order valence-corrected chi connectivity index (χ4v) is 2.46. The highest BCUT2D eigenvalue weighted by atomic mass is 19.4. The number of aliphatic hydroxyl groups is 1. The molecule has 0 saturated carbocycles. The number of hydrogen-bond donors (Lipinski definition) is 2. The molecule has 7 heteroatoms. The molecule has 118 valence electrons. The van der Waals surface area contributed by atoms with Gasteiger partial charge in [-0.25, -0.2) is 4.98 Å². The predicted molar refractivity (Wildman–Crippen MR) is 74.0 cm³/mol. The van der Waals surface area contributed by atoms with Gasteiger partial charge in [-0.1, -0.05) is 0 Å². The van der Waals surface area contributed by atoms with Crippen LogP contribution >= 0.6 is 0 Å². The lowest BCUT2D eigenvalue weighted by molar-refractivity contribution is -0.137. The maximum absolute atomic E-state index is 12.5. The van der Waals surface area contributed by atoms with Gasteiger partial charge in [0, 0.05) is 19.3 Å². The minimum absolute atomic E-state index is 0.239. The van der Waals surface area contributed by atoms with E-state index in [4.69, 9.17) is 0 Å². The van der Waals surface area contributed by atoms with Gasteiger partial charge in [0.05, 0.1) is 11.7 Å². The molecule has 0 aromatic carbocycles. The summed E-state index contributed by atoms with van der Waals surface area (Å²) < 4.78 is 37.6. The lowest BCUT2D eigenvalue weighted by Crippen LogP contribution is -2.39. The zero-order chi connectivity index (χ0) is 15.3. The van der Waals surface area contributed by atoms with Gasteiger partial charge in [0.1, 0.15) is 5.82 Å². The van der Waals surface area contributed by atoms with Crippen LogP contribution in [0.25, 0.3) is 0 Å². The maximum Gasteiger partial charge on any atom is 0.416 e. The van der Waals surface area contributed by atoms with Crippen molar-refractivity contribution < 1.29 is 18.3 Å². The molecule has 1 fully saturated rings. The summed E-state index contributed by atoms with van der Waals surface area (Å²) in [4.78, 5) is 6.06. The molecule has 21 heavy (non-hydrogen) atoms. The standard InChI is InChI=1S/C14H20F3N3O/c15-14(16,17)11-4-6-19-13(9-11)18-5-2-8-20-7-1-3-12(21)10-20/h4,6,9,12,21H,1-3,5,7-8,10H2,(H,18,19). The Labute approximate surface area is 122 Å². The van der Waals surface area contributed by atoms with Crippen molar-refractivity contribution in [2.24, 2.45) is 0 Å². The van der Waals surface area contributed by atoms with Gasteiger partial charge in [0.25, 0.3) is 0 Å². The highest BCUT2D eigenvalue weighted by molar-refractivity contribution is 5.38. The molecular weight excluding hydrogens is 283 g/mol. The van der Waals surface area contributed by atoms with Crippen LogP contribution in [0.15, 0.2) is 18.3 Å². The topological polar surface area (TPSA) is 48.4 Å². The van der Waals surface area contributed by atoms with Crippen LogP contribution in [0.1, 0.15) is 24.8 Å². The Morgan fingerprint density at radius 1 is 1.43 bits per heavy atom. The number of nitrogens with zero attached hydrogens (tertiary/aromatic N) is 2. The molecule has 1 aromatic rings. The molecule has 1 aliphatic rings. The lowest BCUT2D eigenvalue weighted by Gasteiger charge is -2.29. The van der Waals surface area contributed by atoms with Crippen molar-refractivity contribution in [3.8, 4) is 0 Å². The molecule has 2 rings (SSSR count). The van der Waals surface area contributed by atoms with Crippen LogP contribution in [-0.2, 0) is 6.18 Å². The Balaban J connectivity index is 1.73. The summed E-state index contributed by atoms with van der Waals surface area (Å²) in [5.74, 6) is 0.239. The number of halogens is 3. The number of rotatable bonds is 5. The molecule has 4 nitrogen and oxygen atoms in total. The molecule has 2 N–H and O–H groups in total. The number of aromatic nitrogens is 1. The summed E-state index contributed by atoms with van der Waals surface area (Å²) in [7, 11) is 0. The number of hydrogen-bond acceptors (Lipinski definition) is 4. The highest BCUT2D eigenvalue weighted by Gasteiger charge is 2.30. The Morgan fingerprint density at radius 3 is 2.95 bits per heavy atom. The number of anilines is 1. The maximum atomic E-state index is 12.5. The number of aliphatic hydroxyl groups excluding tert-OH is 1. The number of alkyl halides is 3. The van der Waals surface area contributed by atoms with E-state index in [9.17, 15) is 18.3 Å². The molecule has 0 amide bonds. The molecule has 0 bridgehead atoms. The second kappa shape index (κ2) is 7.09. The number of pyridine rings is 1. The van der Waals surface area contributed by atoms with E-state index in [2.05, 4.69) is 15.2 Å². The molecule has 0 aliphatic carbocycles. The van der Waals surface area contributed by atoms with Gasteiger partial charge in [-0.3, -0.25) is 0 Å². The number of likely N-dealkylation sites (tertiary alicyclic amines) is 1. The molecule has 2 heterocycles. The zero-order valence-electron chi connectivity index (χ0n) is 11.7. The number of β-amino-alcohol motifs (C(OH)–C–C–N with tert-alkyl or cyclic N) is 1. The van der Waals surface area contributed by atoms with E-state index in [1.54, 1.807) is 0 Å². The smallest absolute Gasteiger partial charge is 0.392 e. The minimum Gasteiger partial charge on any atom is -0.392 e. The monoisotopic (exact) mass is 303 g/mol. The van der Waals surface area contributed by atoms with Crippen molar-refractivity contribution in [2.75, 3.05) is 31.5 Å². The average Bonchev–Trinajstić information content (AvgIpc) is 2.43. The van der Waals surface area contributed by atoms with E-state index in [0.29, 0.717) is 13.1 Å². The summed E-state index contributed by atoms with van der Waals surface area (Å²) in [6.45, 7) is 3.03. The molecule has 0 spiro atoms. The van der Waals surface area contributed by atoms with Crippen LogP contribution in [0, 0.1) is 0 Å². The van der Waals surface area contributed by atoms with E-state index >= 15 is 0 Å². The first-order valence-electron chi connectivity index (χ1n) is 7.13. The van der Waals surface area contributed by atoms with Crippen LogP contribution < -0.4 is 5.32 Å². The van der Waals surface area contributed by atoms with Gasteiger partial charge in [0.15, 0.2) is 0 Å². The summed E-state index contributed by atoms with van der Waals surface area (Å²) in [6.07, 6.45) is -0.802. The van der Waals surface area contributed by atoms with Gasteiger partial charge in [-0.15, -0.1) is 0 Å². The number of piperidine rings is 1. The van der Waals surface area contributed by atoms with E-state index < -0.39 is 11.7 Å². The molecule has 1 aromatic heterocycles. The van der Waals surface area contributed by atoms with Crippen LogP contribution in [-0.4, -0.2) is 47.3 Å². The predicted octanol–water partition coefficient (Wildman–Crippen LogP) is 2.36. The first-order chi connectivity index (χ1) is 9.95. The van der Waals surface area contributed by atoms with Crippen molar-refractivity contribution in [1.29, 1.82) is 0 Å².